The summed E-state index contributed by atoms with van der Waals surface area (Å²) in [5.41, 5.74) is 13.3. The molecule has 1 rings (SSSR count). The fourth-order valence-electron chi connectivity index (χ4n) is 2.22. The third-order valence-corrected chi connectivity index (χ3v) is 2.93. The molecule has 4 nitrogen and oxygen atoms in total. The molecule has 0 aliphatic rings. The van der Waals surface area contributed by atoms with Crippen LogP contribution in [0.15, 0.2) is 12.1 Å². The van der Waals surface area contributed by atoms with Crippen LogP contribution in [0.5, 0.6) is 0 Å². The number of primary amides is 2. The van der Waals surface area contributed by atoms with Crippen molar-refractivity contribution in [1.29, 1.82) is 0 Å². The van der Waals surface area contributed by atoms with Gasteiger partial charge in [-0.25, -0.2) is 0 Å². The van der Waals surface area contributed by atoms with Crippen molar-refractivity contribution < 1.29 is 9.59 Å². The molecule has 0 unspecified atom stereocenters. The molecule has 0 saturated heterocycles. The molecule has 0 heterocycles. The second-order valence-electron chi connectivity index (χ2n) is 4.35. The Morgan fingerprint density at radius 2 is 1.61 bits per heavy atom. The van der Waals surface area contributed by atoms with E-state index in [1.807, 2.05) is 13.8 Å². The van der Waals surface area contributed by atoms with Gasteiger partial charge >= 0.3 is 0 Å². The molecule has 0 saturated carbocycles. The number of carbonyl (C=O) groups is 2. The van der Waals surface area contributed by atoms with Gasteiger partial charge in [0.25, 0.3) is 0 Å². The molecule has 0 fully saturated rings. The quantitative estimate of drug-likeness (QED) is 0.804. The van der Waals surface area contributed by atoms with Crippen molar-refractivity contribution in [2.24, 2.45) is 11.5 Å². The van der Waals surface area contributed by atoms with Crippen molar-refractivity contribution in [3.63, 3.8) is 0 Å². The lowest BCUT2D eigenvalue weighted by atomic mass is 9.90. The number of amides is 2. The molecule has 18 heavy (non-hydrogen) atoms. The molecule has 0 spiro atoms. The second kappa shape index (κ2) is 6.19. The summed E-state index contributed by atoms with van der Waals surface area (Å²) >= 11 is 0. The Morgan fingerprint density at radius 3 is 2.06 bits per heavy atom. The molecule has 0 atom stereocenters. The summed E-state index contributed by atoms with van der Waals surface area (Å²) in [4.78, 5) is 23.0. The van der Waals surface area contributed by atoms with Gasteiger partial charge in [-0.2, -0.15) is 0 Å². The van der Waals surface area contributed by atoms with E-state index in [4.69, 9.17) is 11.5 Å². The molecular weight excluding hydrogens is 228 g/mol. The maximum absolute atomic E-state index is 11.6. The fraction of sp³-hybridized carbons (Fsp3) is 0.429. The van der Waals surface area contributed by atoms with Crippen LogP contribution < -0.4 is 11.5 Å². The third kappa shape index (κ3) is 2.88. The molecule has 4 heteroatoms. The summed E-state index contributed by atoms with van der Waals surface area (Å²) in [7, 11) is 0. The van der Waals surface area contributed by atoms with Crippen LogP contribution in [0.2, 0.25) is 0 Å². The Balaban J connectivity index is 3.48. The monoisotopic (exact) mass is 248 g/mol. The first-order chi connectivity index (χ1) is 8.52. The number of hydrogen-bond acceptors (Lipinski definition) is 2. The highest BCUT2D eigenvalue weighted by Gasteiger charge is 2.18. The van der Waals surface area contributed by atoms with E-state index in [9.17, 15) is 9.59 Å². The molecule has 4 N–H and O–H groups in total. The van der Waals surface area contributed by atoms with Crippen LogP contribution >= 0.6 is 0 Å². The SMILES string of the molecule is CCCc1ccc(C(N)=O)c(CCC)c1C(N)=O. The Labute approximate surface area is 107 Å². The van der Waals surface area contributed by atoms with E-state index < -0.39 is 11.8 Å². The van der Waals surface area contributed by atoms with E-state index in [0.29, 0.717) is 23.1 Å². The summed E-state index contributed by atoms with van der Waals surface area (Å²) < 4.78 is 0. The van der Waals surface area contributed by atoms with Crippen molar-refractivity contribution in [3.05, 3.63) is 34.4 Å². The van der Waals surface area contributed by atoms with E-state index in [1.54, 1.807) is 12.1 Å². The van der Waals surface area contributed by atoms with Crippen LogP contribution in [0.4, 0.5) is 0 Å². The minimum atomic E-state index is -0.510. The second-order valence-corrected chi connectivity index (χ2v) is 4.35. The number of carbonyl (C=O) groups excluding carboxylic acids is 2. The third-order valence-electron chi connectivity index (χ3n) is 2.93. The van der Waals surface area contributed by atoms with E-state index in [-0.39, 0.29) is 0 Å². The largest absolute Gasteiger partial charge is 0.366 e. The minimum Gasteiger partial charge on any atom is -0.366 e. The molecule has 0 aliphatic heterocycles. The lowest BCUT2D eigenvalue weighted by molar-refractivity contribution is 0.0998. The fourth-order valence-corrected chi connectivity index (χ4v) is 2.22. The molecule has 0 aliphatic carbocycles. The number of rotatable bonds is 6. The van der Waals surface area contributed by atoms with Gasteiger partial charge in [-0.1, -0.05) is 32.8 Å². The van der Waals surface area contributed by atoms with Gasteiger partial charge in [-0.15, -0.1) is 0 Å². The van der Waals surface area contributed by atoms with Gasteiger partial charge in [-0.05, 0) is 30.0 Å². The zero-order valence-corrected chi connectivity index (χ0v) is 11.0. The highest BCUT2D eigenvalue weighted by atomic mass is 16.1. The maximum Gasteiger partial charge on any atom is 0.249 e. The summed E-state index contributed by atoms with van der Waals surface area (Å²) in [5, 5.41) is 0. The van der Waals surface area contributed by atoms with E-state index in [2.05, 4.69) is 0 Å². The van der Waals surface area contributed by atoms with Gasteiger partial charge in [0.05, 0.1) is 0 Å². The first-order valence-electron chi connectivity index (χ1n) is 6.27. The summed E-state index contributed by atoms with van der Waals surface area (Å²) in [6.07, 6.45) is 3.15. The summed E-state index contributed by atoms with van der Waals surface area (Å²) in [6.45, 7) is 4.02. The van der Waals surface area contributed by atoms with Gasteiger partial charge in [0.15, 0.2) is 0 Å². The maximum atomic E-state index is 11.6. The molecule has 98 valence electrons. The molecule has 1 aromatic rings. The Bertz CT molecular complexity index is 467. The first kappa shape index (κ1) is 14.2. The molecule has 0 bridgehead atoms. The number of hydrogen-bond donors (Lipinski definition) is 2. The molecule has 1 aromatic carbocycles. The van der Waals surface area contributed by atoms with Crippen LogP contribution in [0, 0.1) is 0 Å². The Hall–Kier alpha value is -1.84. The Morgan fingerprint density at radius 1 is 1.00 bits per heavy atom. The van der Waals surface area contributed by atoms with Crippen molar-refractivity contribution in [2.45, 2.75) is 39.5 Å². The number of benzene rings is 1. The Kier molecular flexibility index (Phi) is 4.89. The standard InChI is InChI=1S/C14H20N2O2/c1-3-5-9-7-8-11(13(15)17)10(6-4-2)12(9)14(16)18/h7-8H,3-6H2,1-2H3,(H2,15,17)(H2,16,18). The number of nitrogens with two attached hydrogens (primary N) is 2. The molecule has 2 amide bonds. The minimum absolute atomic E-state index is 0.408. The van der Waals surface area contributed by atoms with Crippen LogP contribution in [0.25, 0.3) is 0 Å². The molecular formula is C14H20N2O2. The number of aryl methyl sites for hydroxylation is 1. The lowest BCUT2D eigenvalue weighted by Gasteiger charge is -2.14. The average molecular weight is 248 g/mol. The van der Waals surface area contributed by atoms with E-state index in [1.165, 1.54) is 0 Å². The molecule has 0 radical (unpaired) electrons. The van der Waals surface area contributed by atoms with Crippen molar-refractivity contribution in [3.8, 4) is 0 Å². The van der Waals surface area contributed by atoms with Crippen molar-refractivity contribution in [1.82, 2.24) is 0 Å². The van der Waals surface area contributed by atoms with E-state index in [0.717, 1.165) is 24.8 Å². The lowest BCUT2D eigenvalue weighted by Crippen LogP contribution is -2.22. The zero-order valence-electron chi connectivity index (χ0n) is 11.0. The highest BCUT2D eigenvalue weighted by molar-refractivity contribution is 6.02. The van der Waals surface area contributed by atoms with Crippen LogP contribution in [-0.4, -0.2) is 11.8 Å². The highest BCUT2D eigenvalue weighted by Crippen LogP contribution is 2.22. The van der Waals surface area contributed by atoms with Gasteiger partial charge in [0, 0.05) is 11.1 Å². The van der Waals surface area contributed by atoms with Crippen LogP contribution in [-0.2, 0) is 12.8 Å². The van der Waals surface area contributed by atoms with Gasteiger partial charge < -0.3 is 11.5 Å². The average Bonchev–Trinajstić information content (AvgIpc) is 2.29. The summed E-state index contributed by atoms with van der Waals surface area (Å²) in [6, 6.07) is 3.48. The van der Waals surface area contributed by atoms with Crippen molar-refractivity contribution in [2.75, 3.05) is 0 Å². The molecule has 0 aromatic heterocycles. The van der Waals surface area contributed by atoms with Gasteiger partial charge in [0.1, 0.15) is 0 Å². The van der Waals surface area contributed by atoms with Gasteiger partial charge in [-0.3, -0.25) is 9.59 Å². The smallest absolute Gasteiger partial charge is 0.249 e. The van der Waals surface area contributed by atoms with Gasteiger partial charge in [0.2, 0.25) is 11.8 Å². The van der Waals surface area contributed by atoms with Crippen LogP contribution in [0.3, 0.4) is 0 Å². The predicted molar refractivity (Wildman–Crippen MR) is 71.5 cm³/mol. The van der Waals surface area contributed by atoms with Crippen LogP contribution in [0.1, 0.15) is 58.5 Å². The first-order valence-corrected chi connectivity index (χ1v) is 6.27. The predicted octanol–water partition coefficient (Wildman–Crippen LogP) is 1.79. The van der Waals surface area contributed by atoms with E-state index >= 15 is 0 Å². The van der Waals surface area contributed by atoms with Crippen molar-refractivity contribution >= 4 is 11.8 Å². The zero-order chi connectivity index (χ0) is 13.7. The summed E-state index contributed by atoms with van der Waals surface area (Å²) in [5.74, 6) is -0.992. The normalized spacial score (nSPS) is 10.3. The topological polar surface area (TPSA) is 86.2 Å².